The van der Waals surface area contributed by atoms with Gasteiger partial charge in [0, 0.05) is 6.42 Å². The lowest BCUT2D eigenvalue weighted by atomic mass is 9.96. The van der Waals surface area contributed by atoms with Crippen LogP contribution in [0.1, 0.15) is 361 Å². The van der Waals surface area contributed by atoms with E-state index in [-0.39, 0.29) is 18.9 Å². The van der Waals surface area contributed by atoms with E-state index in [9.17, 15) is 61.0 Å². The van der Waals surface area contributed by atoms with Gasteiger partial charge in [0.2, 0.25) is 5.91 Å². The molecule has 3 aliphatic rings. The van der Waals surface area contributed by atoms with Gasteiger partial charge in [-0.05, 0) is 70.6 Å². The van der Waals surface area contributed by atoms with Crippen LogP contribution in [0.2, 0.25) is 0 Å². The van der Waals surface area contributed by atoms with Crippen LogP contribution in [-0.4, -0.2) is 193 Å². The van der Waals surface area contributed by atoms with Crippen LogP contribution in [0, 0.1) is 0 Å². The molecule has 3 saturated heterocycles. The van der Waals surface area contributed by atoms with E-state index in [1.165, 1.54) is 276 Å². The summed E-state index contributed by atoms with van der Waals surface area (Å²) >= 11 is 0. The van der Waals surface area contributed by atoms with Crippen LogP contribution in [0.25, 0.3) is 0 Å². The summed E-state index contributed by atoms with van der Waals surface area (Å²) in [5.41, 5.74) is 0. The molecule has 3 aliphatic heterocycles. The second-order valence-corrected chi connectivity index (χ2v) is 31.3. The number of aliphatic hydroxyl groups excluding tert-OH is 11. The van der Waals surface area contributed by atoms with Crippen molar-refractivity contribution in [1.82, 2.24) is 5.32 Å². The maximum atomic E-state index is 13.5. The molecule has 3 fully saturated rings. The molecule has 0 bridgehead atoms. The van der Waals surface area contributed by atoms with Gasteiger partial charge >= 0.3 is 0 Å². The van der Waals surface area contributed by atoms with Gasteiger partial charge in [-0.3, -0.25) is 4.79 Å². The van der Waals surface area contributed by atoms with Crippen LogP contribution in [-0.2, 0) is 33.2 Å². The predicted octanol–water partition coefficient (Wildman–Crippen LogP) is 16.2. The second-order valence-electron chi connectivity index (χ2n) is 31.3. The molecule has 107 heavy (non-hydrogen) atoms. The van der Waals surface area contributed by atoms with Crippen LogP contribution in [0.4, 0.5) is 0 Å². The van der Waals surface area contributed by atoms with E-state index in [0.29, 0.717) is 12.8 Å². The number of aliphatic hydroxyl groups is 11. The fourth-order valence-electron chi connectivity index (χ4n) is 14.7. The van der Waals surface area contributed by atoms with Crippen molar-refractivity contribution in [2.24, 2.45) is 0 Å². The summed E-state index contributed by atoms with van der Waals surface area (Å²) in [5, 5.41) is 121. The van der Waals surface area contributed by atoms with Crippen molar-refractivity contribution in [2.45, 2.75) is 465 Å². The first-order valence-electron chi connectivity index (χ1n) is 44.0. The summed E-state index contributed by atoms with van der Waals surface area (Å²) in [6, 6.07) is -0.993. The lowest BCUT2D eigenvalue weighted by Crippen LogP contribution is -2.66. The lowest BCUT2D eigenvalue weighted by Gasteiger charge is -2.48. The summed E-state index contributed by atoms with van der Waals surface area (Å²) in [7, 11) is 0. The zero-order valence-electron chi connectivity index (χ0n) is 67.4. The van der Waals surface area contributed by atoms with Crippen molar-refractivity contribution in [3.05, 3.63) is 60.8 Å². The van der Waals surface area contributed by atoms with Gasteiger partial charge in [0.25, 0.3) is 0 Å². The average Bonchev–Trinajstić information content (AvgIpc) is 0.782. The van der Waals surface area contributed by atoms with E-state index in [0.717, 1.165) is 51.4 Å². The topological polar surface area (TPSA) is 307 Å². The molecule has 0 aliphatic carbocycles. The fourth-order valence-corrected chi connectivity index (χ4v) is 14.7. The Bertz CT molecular complexity index is 2160. The maximum Gasteiger partial charge on any atom is 0.220 e. The highest BCUT2D eigenvalue weighted by atomic mass is 16.8. The van der Waals surface area contributed by atoms with Crippen molar-refractivity contribution in [1.29, 1.82) is 0 Å². The first-order chi connectivity index (χ1) is 52.3. The molecular weight excluding hydrogens is 1360 g/mol. The highest BCUT2D eigenvalue weighted by molar-refractivity contribution is 5.76. The third kappa shape index (κ3) is 47.1. The number of ether oxygens (including phenoxy) is 6. The summed E-state index contributed by atoms with van der Waals surface area (Å²) < 4.78 is 34.5. The Labute approximate surface area is 649 Å². The molecule has 0 radical (unpaired) electrons. The average molecular weight is 1520 g/mol. The third-order valence-corrected chi connectivity index (χ3v) is 21.8. The Morgan fingerprint density at radius 1 is 0.336 bits per heavy atom. The van der Waals surface area contributed by atoms with Crippen LogP contribution < -0.4 is 5.32 Å². The number of amides is 1. The van der Waals surface area contributed by atoms with E-state index in [1.54, 1.807) is 6.08 Å². The number of hydrogen-bond donors (Lipinski definition) is 12. The molecule has 17 unspecified atom stereocenters. The summed E-state index contributed by atoms with van der Waals surface area (Å²) in [5.74, 6) is -0.280. The molecular formula is C88H161NO18. The fraction of sp³-hybridized carbons (Fsp3) is 0.875. The Morgan fingerprint density at radius 3 is 1.00 bits per heavy atom. The molecule has 1 amide bonds. The van der Waals surface area contributed by atoms with E-state index < -0.39 is 124 Å². The molecule has 0 saturated carbocycles. The number of nitrogens with one attached hydrogen (secondary N) is 1. The van der Waals surface area contributed by atoms with Crippen LogP contribution in [0.3, 0.4) is 0 Å². The van der Waals surface area contributed by atoms with Gasteiger partial charge in [-0.25, -0.2) is 0 Å². The van der Waals surface area contributed by atoms with Crippen LogP contribution in [0.15, 0.2) is 60.8 Å². The van der Waals surface area contributed by atoms with E-state index in [4.69, 9.17) is 28.4 Å². The van der Waals surface area contributed by atoms with Gasteiger partial charge in [0.05, 0.1) is 38.6 Å². The van der Waals surface area contributed by atoms with Crippen molar-refractivity contribution < 1.29 is 89.4 Å². The highest BCUT2D eigenvalue weighted by Crippen LogP contribution is 2.33. The summed E-state index contributed by atoms with van der Waals surface area (Å²) in [6.45, 7) is 1.76. The summed E-state index contributed by atoms with van der Waals surface area (Å²) in [4.78, 5) is 13.5. The SMILES string of the molecule is CCCCCCC/C=C\C/C=C\C/C=C\CCCCCCCCCCCCCCCCCCCCC(=O)NC(COC1OC(CO)C(OC2OC(CO)C(OC3OC(CO)C(O)C(O)C3O)C(O)C2O)C(O)C1O)C(O)/C=C/CC/C=C/CCCCCCCCCCCCCCCCCCCCCCCCC. The van der Waals surface area contributed by atoms with Gasteiger partial charge in [-0.15, -0.1) is 0 Å². The zero-order chi connectivity index (χ0) is 77.4. The number of carbonyl (C=O) groups excluding carboxylic acids is 1. The summed E-state index contributed by atoms with van der Waals surface area (Å²) in [6.07, 6.45) is 62.3. The lowest BCUT2D eigenvalue weighted by molar-refractivity contribution is -0.379. The van der Waals surface area contributed by atoms with E-state index >= 15 is 0 Å². The van der Waals surface area contributed by atoms with Gasteiger partial charge in [-0.2, -0.15) is 0 Å². The van der Waals surface area contributed by atoms with Crippen molar-refractivity contribution in [3.63, 3.8) is 0 Å². The number of hydrogen-bond acceptors (Lipinski definition) is 18. The highest BCUT2D eigenvalue weighted by Gasteiger charge is 2.54. The first kappa shape index (κ1) is 98.7. The minimum absolute atomic E-state index is 0.236. The second kappa shape index (κ2) is 67.9. The Hall–Kier alpha value is -2.51. The van der Waals surface area contributed by atoms with Crippen molar-refractivity contribution in [2.75, 3.05) is 26.4 Å². The predicted molar refractivity (Wildman–Crippen MR) is 429 cm³/mol. The molecule has 12 N–H and O–H groups in total. The van der Waals surface area contributed by atoms with Crippen molar-refractivity contribution >= 4 is 5.91 Å². The normalized spacial score (nSPS) is 25.8. The zero-order valence-corrected chi connectivity index (χ0v) is 67.4. The molecule has 0 aromatic heterocycles. The molecule has 19 heteroatoms. The van der Waals surface area contributed by atoms with Crippen LogP contribution >= 0.6 is 0 Å². The van der Waals surface area contributed by atoms with Gasteiger partial charge in [0.15, 0.2) is 18.9 Å². The Morgan fingerprint density at radius 2 is 0.626 bits per heavy atom. The Kier molecular flexibility index (Phi) is 62.7. The molecule has 19 nitrogen and oxygen atoms in total. The smallest absolute Gasteiger partial charge is 0.220 e. The molecule has 3 rings (SSSR count). The monoisotopic (exact) mass is 1520 g/mol. The minimum Gasteiger partial charge on any atom is -0.394 e. The van der Waals surface area contributed by atoms with Crippen molar-refractivity contribution in [3.8, 4) is 0 Å². The standard InChI is InChI=1S/C88H161NO18/c1-3-5-7-9-11-13-15-17-19-21-23-25-27-29-31-33-34-35-36-38-40-42-44-46-48-50-52-54-56-58-60-62-64-66-76(94)89-71(72(93)65-63-61-59-57-55-53-51-49-47-45-43-41-39-37-32-30-28-26-24-22-20-18-16-14-12-10-8-6-4-2)70-102-86-82(100)79(97)84(74(68-91)104-86)107-88-83(101)80(98)85(75(69-92)105-88)106-87-81(99)78(96)77(95)73(67-90)103-87/h15,17,21,23,27,29,55,57,63,65,71-75,77-88,90-93,95-101H,3-14,16,18-20,22,24-26,28,30-54,56,58-62,64,66-70H2,1-2H3,(H,89,94)/b17-15-,23-21-,29-27-,57-55+,65-63+. The van der Waals surface area contributed by atoms with Gasteiger partial charge < -0.3 is 89.9 Å². The quantitative estimate of drug-likeness (QED) is 0.0199. The Balaban J connectivity index is 1.35. The maximum absolute atomic E-state index is 13.5. The third-order valence-electron chi connectivity index (χ3n) is 21.8. The number of carbonyl (C=O) groups is 1. The number of allylic oxidation sites excluding steroid dienone is 9. The first-order valence-corrected chi connectivity index (χ1v) is 44.0. The van der Waals surface area contributed by atoms with Gasteiger partial charge in [0.1, 0.15) is 73.2 Å². The van der Waals surface area contributed by atoms with E-state index in [1.807, 2.05) is 6.08 Å². The number of unbranched alkanes of at least 4 members (excludes halogenated alkanes) is 47. The molecule has 3 heterocycles. The number of rotatable bonds is 71. The minimum atomic E-state index is -1.98. The molecule has 0 aromatic carbocycles. The largest absolute Gasteiger partial charge is 0.394 e. The molecule has 0 aromatic rings. The molecule has 626 valence electrons. The van der Waals surface area contributed by atoms with Crippen LogP contribution in [0.5, 0.6) is 0 Å². The molecule has 17 atom stereocenters. The molecule has 0 spiro atoms. The van der Waals surface area contributed by atoms with Gasteiger partial charge in [-0.1, -0.05) is 344 Å². The van der Waals surface area contributed by atoms with E-state index in [2.05, 4.69) is 67.8 Å².